The summed E-state index contributed by atoms with van der Waals surface area (Å²) in [6.45, 7) is 2.35. The fraction of sp³-hybridized carbons (Fsp3) is 0.917. The van der Waals surface area contributed by atoms with Crippen molar-refractivity contribution in [3.8, 4) is 0 Å². The SMILES string of the molecule is CCCCN1C(=O)CS[C@H]1C1O[C@H](CO)[C@@H](O)[C@@H]1O. The number of aliphatic hydroxyl groups excluding tert-OH is 3. The van der Waals surface area contributed by atoms with Crippen LogP contribution in [0.1, 0.15) is 19.8 Å². The average molecular weight is 291 g/mol. The molecule has 1 unspecified atom stereocenters. The zero-order valence-electron chi connectivity index (χ0n) is 10.9. The number of unbranched alkanes of at least 4 members (excludes halogenated alkanes) is 1. The van der Waals surface area contributed by atoms with Gasteiger partial charge >= 0.3 is 0 Å². The van der Waals surface area contributed by atoms with Crippen molar-refractivity contribution < 1.29 is 24.9 Å². The number of carbonyl (C=O) groups is 1. The van der Waals surface area contributed by atoms with E-state index in [1.165, 1.54) is 11.8 Å². The fourth-order valence-electron chi connectivity index (χ4n) is 2.49. The van der Waals surface area contributed by atoms with Crippen molar-refractivity contribution in [2.45, 2.75) is 49.6 Å². The standard InChI is InChI=1S/C12H21NO5S/c1-2-3-4-13-8(15)6-19-12(13)11-10(17)9(16)7(5-14)18-11/h7,9-12,14,16-17H,2-6H2,1H3/t7-,9-,10+,11?,12+/m1/s1. The second-order valence-electron chi connectivity index (χ2n) is 4.95. The predicted octanol–water partition coefficient (Wildman–Crippen LogP) is -0.831. The summed E-state index contributed by atoms with van der Waals surface area (Å²) in [5, 5.41) is 28.6. The molecule has 1 amide bonds. The largest absolute Gasteiger partial charge is 0.394 e. The molecule has 0 radical (unpaired) electrons. The molecule has 0 bridgehead atoms. The van der Waals surface area contributed by atoms with E-state index < -0.39 is 24.4 Å². The van der Waals surface area contributed by atoms with E-state index in [9.17, 15) is 15.0 Å². The third-order valence-corrected chi connectivity index (χ3v) is 4.90. The van der Waals surface area contributed by atoms with Gasteiger partial charge in [0.1, 0.15) is 29.8 Å². The number of rotatable bonds is 5. The highest BCUT2D eigenvalue weighted by atomic mass is 32.2. The normalized spacial score (nSPS) is 39.3. The second-order valence-corrected chi connectivity index (χ2v) is 6.05. The lowest BCUT2D eigenvalue weighted by atomic mass is 10.1. The van der Waals surface area contributed by atoms with Gasteiger partial charge in [-0.1, -0.05) is 13.3 Å². The van der Waals surface area contributed by atoms with Gasteiger partial charge in [-0.15, -0.1) is 11.8 Å². The summed E-state index contributed by atoms with van der Waals surface area (Å²) in [6, 6.07) is 0. The van der Waals surface area contributed by atoms with Gasteiger partial charge in [-0.25, -0.2) is 0 Å². The van der Waals surface area contributed by atoms with Gasteiger partial charge in [0.2, 0.25) is 5.91 Å². The number of ether oxygens (including phenoxy) is 1. The van der Waals surface area contributed by atoms with Gasteiger partial charge in [0.15, 0.2) is 0 Å². The summed E-state index contributed by atoms with van der Waals surface area (Å²) >= 11 is 1.42. The van der Waals surface area contributed by atoms with Gasteiger partial charge in [0.25, 0.3) is 0 Å². The molecule has 110 valence electrons. The molecule has 0 aromatic rings. The molecule has 0 aromatic heterocycles. The highest BCUT2D eigenvalue weighted by molar-refractivity contribution is 8.01. The van der Waals surface area contributed by atoms with Crippen LogP contribution in [0.2, 0.25) is 0 Å². The zero-order valence-corrected chi connectivity index (χ0v) is 11.8. The summed E-state index contributed by atoms with van der Waals surface area (Å²) in [5.74, 6) is 0.419. The van der Waals surface area contributed by atoms with Gasteiger partial charge in [0, 0.05) is 6.54 Å². The van der Waals surface area contributed by atoms with E-state index in [-0.39, 0.29) is 17.9 Å². The van der Waals surface area contributed by atoms with Gasteiger partial charge in [-0.3, -0.25) is 4.79 Å². The molecule has 2 fully saturated rings. The topological polar surface area (TPSA) is 90.2 Å². The number of nitrogens with zero attached hydrogens (tertiary/aromatic N) is 1. The van der Waals surface area contributed by atoms with Gasteiger partial charge in [-0.05, 0) is 6.42 Å². The summed E-state index contributed by atoms with van der Waals surface area (Å²) < 4.78 is 5.51. The van der Waals surface area contributed by atoms with Crippen LogP contribution >= 0.6 is 11.8 Å². The molecule has 19 heavy (non-hydrogen) atoms. The highest BCUT2D eigenvalue weighted by Gasteiger charge is 2.50. The molecular weight excluding hydrogens is 270 g/mol. The fourth-order valence-corrected chi connectivity index (χ4v) is 3.78. The van der Waals surface area contributed by atoms with Crippen LogP contribution in [0.5, 0.6) is 0 Å². The van der Waals surface area contributed by atoms with Crippen LogP contribution in [0.3, 0.4) is 0 Å². The lowest BCUT2D eigenvalue weighted by Crippen LogP contribution is -2.46. The number of hydrogen-bond donors (Lipinski definition) is 3. The lowest BCUT2D eigenvalue weighted by Gasteiger charge is -2.29. The first-order valence-electron chi connectivity index (χ1n) is 6.63. The number of amides is 1. The van der Waals surface area contributed by atoms with E-state index in [1.54, 1.807) is 4.90 Å². The number of hydrogen-bond acceptors (Lipinski definition) is 6. The molecule has 2 saturated heterocycles. The number of thioether (sulfide) groups is 1. The summed E-state index contributed by atoms with van der Waals surface area (Å²) in [7, 11) is 0. The maximum Gasteiger partial charge on any atom is 0.233 e. The molecular formula is C12H21NO5S. The Morgan fingerprint density at radius 1 is 1.42 bits per heavy atom. The Morgan fingerprint density at radius 2 is 2.16 bits per heavy atom. The third-order valence-electron chi connectivity index (χ3n) is 3.62. The predicted molar refractivity (Wildman–Crippen MR) is 70.6 cm³/mol. The van der Waals surface area contributed by atoms with Crippen molar-refractivity contribution in [3.05, 3.63) is 0 Å². The van der Waals surface area contributed by atoms with Crippen molar-refractivity contribution in [1.29, 1.82) is 0 Å². The maximum absolute atomic E-state index is 11.8. The molecule has 6 nitrogen and oxygen atoms in total. The smallest absolute Gasteiger partial charge is 0.233 e. The first kappa shape index (κ1) is 15.1. The highest BCUT2D eigenvalue weighted by Crippen LogP contribution is 2.35. The Balaban J connectivity index is 2.05. The van der Waals surface area contributed by atoms with E-state index in [1.807, 2.05) is 0 Å². The quantitative estimate of drug-likeness (QED) is 0.612. The van der Waals surface area contributed by atoms with Crippen LogP contribution in [0.4, 0.5) is 0 Å². The molecule has 2 heterocycles. The lowest BCUT2D eigenvalue weighted by molar-refractivity contribution is -0.131. The van der Waals surface area contributed by atoms with E-state index in [2.05, 4.69) is 6.92 Å². The van der Waals surface area contributed by atoms with E-state index in [4.69, 9.17) is 9.84 Å². The molecule has 0 aromatic carbocycles. The number of carbonyl (C=O) groups excluding carboxylic acids is 1. The Bertz CT molecular complexity index is 329. The van der Waals surface area contributed by atoms with E-state index in [0.29, 0.717) is 12.3 Å². The molecule has 3 N–H and O–H groups in total. The first-order valence-corrected chi connectivity index (χ1v) is 7.68. The second kappa shape index (κ2) is 6.41. The minimum Gasteiger partial charge on any atom is -0.394 e. The molecule has 2 rings (SSSR count). The molecule has 0 aliphatic carbocycles. The maximum atomic E-state index is 11.8. The van der Waals surface area contributed by atoms with Crippen LogP contribution < -0.4 is 0 Å². The minimum atomic E-state index is -1.10. The van der Waals surface area contributed by atoms with Gasteiger partial charge in [0.05, 0.1) is 12.4 Å². The Morgan fingerprint density at radius 3 is 2.74 bits per heavy atom. The van der Waals surface area contributed by atoms with Crippen molar-refractivity contribution in [1.82, 2.24) is 4.90 Å². The van der Waals surface area contributed by atoms with Crippen molar-refractivity contribution >= 4 is 17.7 Å². The molecule has 7 heteroatoms. The Labute approximate surface area is 116 Å². The van der Waals surface area contributed by atoms with Crippen LogP contribution in [0.15, 0.2) is 0 Å². The zero-order chi connectivity index (χ0) is 14.0. The third kappa shape index (κ3) is 2.90. The van der Waals surface area contributed by atoms with E-state index in [0.717, 1.165) is 12.8 Å². The Kier molecular flexibility index (Phi) is 5.08. The van der Waals surface area contributed by atoms with Crippen molar-refractivity contribution in [2.24, 2.45) is 0 Å². The van der Waals surface area contributed by atoms with Gasteiger partial charge in [-0.2, -0.15) is 0 Å². The number of aliphatic hydroxyl groups is 3. The molecule has 0 saturated carbocycles. The molecule has 0 spiro atoms. The minimum absolute atomic E-state index is 0.0428. The summed E-state index contributed by atoms with van der Waals surface area (Å²) in [5.41, 5.74) is 0. The monoisotopic (exact) mass is 291 g/mol. The summed E-state index contributed by atoms with van der Waals surface area (Å²) in [4.78, 5) is 13.6. The van der Waals surface area contributed by atoms with Gasteiger partial charge < -0.3 is 25.0 Å². The average Bonchev–Trinajstić information content (AvgIpc) is 2.90. The van der Waals surface area contributed by atoms with Crippen LogP contribution in [-0.2, 0) is 9.53 Å². The van der Waals surface area contributed by atoms with Crippen LogP contribution in [0, 0.1) is 0 Å². The van der Waals surface area contributed by atoms with Crippen LogP contribution in [0.25, 0.3) is 0 Å². The Hall–Kier alpha value is -0.340. The van der Waals surface area contributed by atoms with Crippen molar-refractivity contribution in [2.75, 3.05) is 18.9 Å². The molecule has 2 aliphatic heterocycles. The molecule has 5 atom stereocenters. The first-order chi connectivity index (χ1) is 9.10. The van der Waals surface area contributed by atoms with Crippen molar-refractivity contribution in [3.63, 3.8) is 0 Å². The van der Waals surface area contributed by atoms with E-state index >= 15 is 0 Å². The molecule has 2 aliphatic rings. The summed E-state index contributed by atoms with van der Waals surface area (Å²) in [6.07, 6.45) is -1.69. The van der Waals surface area contributed by atoms with Crippen LogP contribution in [-0.4, -0.2) is 74.8 Å².